The van der Waals surface area contributed by atoms with Crippen molar-refractivity contribution >= 4 is 74.9 Å². The number of carbonyl (C=O) groups is 4. The quantitative estimate of drug-likeness (QED) is 0.0782. The molecule has 2 amide bonds. The van der Waals surface area contributed by atoms with Crippen molar-refractivity contribution in [2.24, 2.45) is 51.8 Å². The Morgan fingerprint density at radius 2 is 1.69 bits per heavy atom. The van der Waals surface area contributed by atoms with Crippen LogP contribution in [0.25, 0.3) is 11.2 Å². The van der Waals surface area contributed by atoms with E-state index in [0.717, 1.165) is 48.8 Å². The molecular formula is C45H68N7O18P3S-4. The molecule has 2 unspecified atom stereocenters. The third-order valence-corrected chi connectivity index (χ3v) is 20.7. The Kier molecular flexibility index (Phi) is 18.5. The molecule has 2 aromatic rings. The number of fused-ring (bicyclic) bond motifs is 6. The molecule has 6 N–H and O–H groups in total. The first-order valence-electron chi connectivity index (χ1n) is 25.0. The molecule has 416 valence electrons. The van der Waals surface area contributed by atoms with Crippen molar-refractivity contribution in [2.45, 2.75) is 142 Å². The van der Waals surface area contributed by atoms with Crippen molar-refractivity contribution in [3.63, 3.8) is 0 Å². The number of ether oxygens (including phenoxy) is 1. The molecule has 1 aliphatic heterocycles. The summed E-state index contributed by atoms with van der Waals surface area (Å²) in [4.78, 5) is 111. The number of nitrogens with zero attached hydrogens (tertiary/aromatic N) is 4. The summed E-state index contributed by atoms with van der Waals surface area (Å²) in [6.45, 7) is 7.42. The highest BCUT2D eigenvalue weighted by molar-refractivity contribution is 8.13. The molecule has 0 radical (unpaired) electrons. The molecule has 25 nitrogen and oxygen atoms in total. The molecule has 4 saturated carbocycles. The smallest absolute Gasteiger partial charge is 0.274 e. The number of hydrogen-bond donors (Lipinski definition) is 5. The van der Waals surface area contributed by atoms with Crippen LogP contribution in [0.5, 0.6) is 0 Å². The third-order valence-electron chi connectivity index (χ3n) is 16.8. The number of aliphatic hydroxyl groups excluding tert-OH is 2. The standard InChI is InChI=1S/C45H72N7O18P3S/c1-25(29-9-10-30-28-8-7-26-20-27(53)12-15-44(26,4)31(28)13-16-45(29,30)5)6-11-34(55)74-19-18-47-33(54)14-17-48-41(58)38(57)43(2,3)22-67-73(64,65)70-72(62,63)66-21-32-37(69-71(59,60)61)36(56)42(68-32)52-24-51-35-39(46)49-23-50-40(35)52/h23-26,28-32,36-38,42,56-57H,6-22H2,1-5H3,(H,47,54)(H,48,58)(H,62,63)(H,64,65)(H2,46,49,50)(H2,59,60,61)/p-4/t25-,26-,28+,29-,30+,31+,32-,36-,37-,38+,42-,44+,45-/m1/s1. The van der Waals surface area contributed by atoms with Crippen LogP contribution in [0, 0.1) is 51.8 Å². The number of phosphoric ester groups is 3. The topological polar surface area (TPSA) is 392 Å². The van der Waals surface area contributed by atoms with Gasteiger partial charge in [0.15, 0.2) is 22.8 Å². The van der Waals surface area contributed by atoms with Crippen LogP contribution >= 0.6 is 35.2 Å². The van der Waals surface area contributed by atoms with Gasteiger partial charge in [-0.3, -0.25) is 32.9 Å². The molecule has 3 heterocycles. The van der Waals surface area contributed by atoms with Gasteiger partial charge in [0, 0.05) is 49.9 Å². The van der Waals surface area contributed by atoms with Crippen molar-refractivity contribution in [1.82, 2.24) is 30.2 Å². The number of phosphoric acid groups is 3. The molecule has 5 fully saturated rings. The van der Waals surface area contributed by atoms with E-state index in [1.807, 2.05) is 0 Å². The van der Waals surface area contributed by atoms with E-state index < -0.39 is 84.6 Å². The monoisotopic (exact) mass is 1120 g/mol. The third kappa shape index (κ3) is 13.5. The van der Waals surface area contributed by atoms with E-state index in [-0.39, 0.29) is 52.4 Å². The SMILES string of the molecule is C[C@H](CCC(=O)SCCNC(=O)CCNC(=O)[C@H](O)C(C)(C)COP(=O)([O-])OP(=O)([O-])OC[C@H]1O[C@@H](n2cnc3c(N)ncnc32)[C@H](O)[C@@H]1OP(=O)([O-])[O-])[C@H]1CC[C@H]2[C@@H]3CC[C@@H]4CC(=O)CC[C@]4(C)[C@H]3CC[C@]12C. The number of rotatable bonds is 23. The first-order chi connectivity index (χ1) is 34.5. The maximum Gasteiger partial charge on any atom is 0.274 e. The number of nitrogen functional groups attached to an aromatic ring is 1. The van der Waals surface area contributed by atoms with Crippen molar-refractivity contribution < 1.29 is 85.3 Å². The predicted octanol–water partition coefficient (Wildman–Crippen LogP) is 1.78. The van der Waals surface area contributed by atoms with Gasteiger partial charge in [0.05, 0.1) is 27.4 Å². The fourth-order valence-electron chi connectivity index (χ4n) is 12.9. The second-order valence-electron chi connectivity index (χ2n) is 21.8. The summed E-state index contributed by atoms with van der Waals surface area (Å²) < 4.78 is 61.1. The van der Waals surface area contributed by atoms with E-state index in [4.69, 9.17) is 10.5 Å². The highest BCUT2D eigenvalue weighted by Gasteiger charge is 2.60. The van der Waals surface area contributed by atoms with Crippen molar-refractivity contribution in [1.29, 1.82) is 0 Å². The highest BCUT2D eigenvalue weighted by Crippen LogP contribution is 2.68. The van der Waals surface area contributed by atoms with Crippen LogP contribution in [0.3, 0.4) is 0 Å². The van der Waals surface area contributed by atoms with Crippen LogP contribution in [-0.4, -0.2) is 109 Å². The average Bonchev–Trinajstić information content (AvgIpc) is 4.00. The van der Waals surface area contributed by atoms with Gasteiger partial charge >= 0.3 is 0 Å². The van der Waals surface area contributed by atoms with Crippen molar-refractivity contribution in [3.8, 4) is 0 Å². The second-order valence-corrected chi connectivity index (χ2v) is 27.1. The molecule has 0 aromatic carbocycles. The minimum atomic E-state index is -5.93. The molecular weight excluding hydrogens is 1050 g/mol. The summed E-state index contributed by atoms with van der Waals surface area (Å²) in [5.41, 5.74) is 4.64. The first kappa shape index (κ1) is 58.9. The van der Waals surface area contributed by atoms with Crippen LogP contribution in [0.2, 0.25) is 0 Å². The van der Waals surface area contributed by atoms with E-state index in [0.29, 0.717) is 47.5 Å². The lowest BCUT2D eigenvalue weighted by atomic mass is 9.44. The van der Waals surface area contributed by atoms with Crippen LogP contribution in [0.4, 0.5) is 5.82 Å². The minimum Gasteiger partial charge on any atom is -0.790 e. The molecule has 0 bridgehead atoms. The van der Waals surface area contributed by atoms with Gasteiger partial charge in [0.1, 0.15) is 42.0 Å². The van der Waals surface area contributed by atoms with Crippen molar-refractivity contribution in [2.75, 3.05) is 37.8 Å². The highest BCUT2D eigenvalue weighted by atomic mass is 32.2. The number of Topliss-reactive ketones (excluding diaryl/α,β-unsaturated/α-hetero) is 1. The molecule has 29 heteroatoms. The lowest BCUT2D eigenvalue weighted by Crippen LogP contribution is -2.53. The summed E-state index contributed by atoms with van der Waals surface area (Å²) in [5, 5.41) is 26.7. The zero-order valence-corrected chi connectivity index (χ0v) is 45.6. The molecule has 1 saturated heterocycles. The maximum atomic E-state index is 12.9. The molecule has 4 aliphatic carbocycles. The first-order valence-corrected chi connectivity index (χ1v) is 30.4. The summed E-state index contributed by atoms with van der Waals surface area (Å²) in [5.74, 6) is 2.92. The Morgan fingerprint density at radius 3 is 2.42 bits per heavy atom. The number of nitrogens with one attached hydrogen (secondary N) is 2. The Balaban J connectivity index is 0.774. The molecule has 7 rings (SSSR count). The number of carbonyl (C=O) groups excluding carboxylic acids is 4. The van der Waals surface area contributed by atoms with Crippen molar-refractivity contribution in [3.05, 3.63) is 12.7 Å². The Hall–Kier alpha value is -2.77. The number of thioether (sulfide) groups is 1. The summed E-state index contributed by atoms with van der Waals surface area (Å²) in [6.07, 6.45) is 3.47. The van der Waals surface area contributed by atoms with Crippen LogP contribution < -0.4 is 35.9 Å². The largest absolute Gasteiger partial charge is 0.790 e. The summed E-state index contributed by atoms with van der Waals surface area (Å²) in [6, 6.07) is 0. The fraction of sp³-hybridized carbons (Fsp3) is 0.800. The number of aromatic nitrogens is 4. The lowest BCUT2D eigenvalue weighted by molar-refractivity contribution is -0.347. The molecule has 2 aromatic heterocycles. The predicted molar refractivity (Wildman–Crippen MR) is 257 cm³/mol. The lowest BCUT2D eigenvalue weighted by Gasteiger charge is -2.60. The number of hydrogen-bond acceptors (Lipinski definition) is 23. The molecule has 5 aliphatic rings. The number of ketones is 1. The van der Waals surface area contributed by atoms with Gasteiger partial charge in [-0.1, -0.05) is 46.4 Å². The number of imidazole rings is 1. The summed E-state index contributed by atoms with van der Waals surface area (Å²) in [7, 11) is -17.6. The van der Waals surface area contributed by atoms with E-state index in [1.165, 1.54) is 64.1 Å². The molecule has 74 heavy (non-hydrogen) atoms. The van der Waals surface area contributed by atoms with Gasteiger partial charge in [0.2, 0.25) is 11.8 Å². The fourth-order valence-corrected chi connectivity index (χ4v) is 16.3. The Morgan fingerprint density at radius 1 is 0.973 bits per heavy atom. The number of aliphatic hydroxyl groups is 2. The van der Waals surface area contributed by atoms with Gasteiger partial charge in [-0.2, -0.15) is 0 Å². The number of nitrogens with two attached hydrogens (primary N) is 1. The zero-order chi connectivity index (χ0) is 54.2. The van der Waals surface area contributed by atoms with Gasteiger partial charge in [0.25, 0.3) is 15.6 Å². The normalized spacial score (nSPS) is 32.6. The Labute approximate surface area is 433 Å². The van der Waals surface area contributed by atoms with Gasteiger partial charge in [-0.15, -0.1) is 0 Å². The van der Waals surface area contributed by atoms with Gasteiger partial charge < -0.3 is 69.0 Å². The Bertz CT molecular complexity index is 2540. The van der Waals surface area contributed by atoms with E-state index in [9.17, 15) is 62.7 Å². The molecule has 0 spiro atoms. The average molecular weight is 1120 g/mol. The van der Waals surface area contributed by atoms with Gasteiger partial charge in [-0.05, 0) is 97.7 Å². The van der Waals surface area contributed by atoms with Crippen LogP contribution in [0.15, 0.2) is 12.7 Å². The molecule has 15 atom stereocenters. The number of amides is 2. The number of anilines is 1. The van der Waals surface area contributed by atoms with Crippen LogP contribution in [-0.2, 0) is 55.5 Å². The maximum absolute atomic E-state index is 12.9. The van der Waals surface area contributed by atoms with E-state index in [1.54, 1.807) is 0 Å². The summed E-state index contributed by atoms with van der Waals surface area (Å²) >= 11 is 1.17. The minimum absolute atomic E-state index is 0.0202. The van der Waals surface area contributed by atoms with Crippen LogP contribution in [0.1, 0.15) is 118 Å². The second kappa shape index (κ2) is 23.3. The zero-order valence-electron chi connectivity index (χ0n) is 42.1. The van der Waals surface area contributed by atoms with Gasteiger partial charge in [-0.25, -0.2) is 19.3 Å². The van der Waals surface area contributed by atoms with E-state index >= 15 is 0 Å². The van der Waals surface area contributed by atoms with E-state index in [2.05, 4.69) is 64.2 Å².